The first-order valence-electron chi connectivity index (χ1n) is 4.00. The van der Waals surface area contributed by atoms with Crippen LogP contribution in [0, 0.1) is 5.92 Å². The van der Waals surface area contributed by atoms with Gasteiger partial charge in [-0.2, -0.15) is 0 Å². The van der Waals surface area contributed by atoms with Crippen molar-refractivity contribution in [2.45, 2.75) is 46.1 Å². The highest BCUT2D eigenvalue weighted by molar-refractivity contribution is 4.73. The smallest absolute Gasteiger partial charge is 0.00642 e. The van der Waals surface area contributed by atoms with Crippen LogP contribution in [0.25, 0.3) is 0 Å². The molecule has 1 heteroatoms. The highest BCUT2D eigenvalue weighted by atomic mass is 14.9. The molecule has 0 radical (unpaired) electrons. The van der Waals surface area contributed by atoms with Crippen molar-refractivity contribution in [3.63, 3.8) is 0 Å². The number of nitrogens with one attached hydrogen (secondary N) is 1. The van der Waals surface area contributed by atoms with Gasteiger partial charge in [-0.25, -0.2) is 0 Å². The summed E-state index contributed by atoms with van der Waals surface area (Å²) in [5.74, 6) is 0.981. The summed E-state index contributed by atoms with van der Waals surface area (Å²) in [5, 5.41) is 3.32. The summed E-state index contributed by atoms with van der Waals surface area (Å²) in [6.45, 7) is 2.35. The SMILES string of the molecule is C.CNC1CCC(C)CC1. The van der Waals surface area contributed by atoms with Crippen LogP contribution in [0.2, 0.25) is 0 Å². The number of rotatable bonds is 1. The van der Waals surface area contributed by atoms with E-state index in [1.807, 2.05) is 0 Å². The maximum atomic E-state index is 3.32. The average molecular weight is 143 g/mol. The fourth-order valence-corrected chi connectivity index (χ4v) is 1.55. The van der Waals surface area contributed by atoms with Gasteiger partial charge in [-0.05, 0) is 38.6 Å². The van der Waals surface area contributed by atoms with Gasteiger partial charge in [-0.1, -0.05) is 14.4 Å². The largest absolute Gasteiger partial charge is 0.317 e. The van der Waals surface area contributed by atoms with Crippen molar-refractivity contribution >= 4 is 0 Å². The second kappa shape index (κ2) is 4.73. The highest BCUT2D eigenvalue weighted by Crippen LogP contribution is 2.22. The Kier molecular flexibility index (Phi) is 4.71. The topological polar surface area (TPSA) is 12.0 Å². The predicted octanol–water partition coefficient (Wildman–Crippen LogP) is 2.42. The van der Waals surface area contributed by atoms with E-state index in [1.165, 1.54) is 25.7 Å². The minimum absolute atomic E-state index is 0. The molecule has 1 fully saturated rings. The van der Waals surface area contributed by atoms with Crippen molar-refractivity contribution in [2.75, 3.05) is 7.05 Å². The van der Waals surface area contributed by atoms with Gasteiger partial charge in [0.1, 0.15) is 0 Å². The maximum absolute atomic E-state index is 3.32. The Morgan fingerprint density at radius 3 is 2.00 bits per heavy atom. The molecule has 0 aromatic heterocycles. The van der Waals surface area contributed by atoms with Crippen LogP contribution in [0.3, 0.4) is 0 Å². The van der Waals surface area contributed by atoms with Crippen LogP contribution in [-0.4, -0.2) is 13.1 Å². The molecule has 0 atom stereocenters. The van der Waals surface area contributed by atoms with Crippen LogP contribution in [0.5, 0.6) is 0 Å². The van der Waals surface area contributed by atoms with Gasteiger partial charge in [0.2, 0.25) is 0 Å². The van der Waals surface area contributed by atoms with Crippen molar-refractivity contribution in [3.05, 3.63) is 0 Å². The summed E-state index contributed by atoms with van der Waals surface area (Å²) >= 11 is 0. The fraction of sp³-hybridized carbons (Fsp3) is 1.00. The van der Waals surface area contributed by atoms with Crippen molar-refractivity contribution in [3.8, 4) is 0 Å². The van der Waals surface area contributed by atoms with E-state index in [9.17, 15) is 0 Å². The summed E-state index contributed by atoms with van der Waals surface area (Å²) in [4.78, 5) is 0. The Bertz CT molecular complexity index is 72.8. The second-order valence-electron chi connectivity index (χ2n) is 3.25. The van der Waals surface area contributed by atoms with Crippen molar-refractivity contribution in [1.82, 2.24) is 5.32 Å². The zero-order chi connectivity index (χ0) is 6.69. The van der Waals surface area contributed by atoms with Crippen LogP contribution in [0.15, 0.2) is 0 Å². The van der Waals surface area contributed by atoms with Crippen LogP contribution in [-0.2, 0) is 0 Å². The molecule has 1 nitrogen and oxygen atoms in total. The lowest BCUT2D eigenvalue weighted by Crippen LogP contribution is -2.29. The molecular formula is C9H21N. The van der Waals surface area contributed by atoms with Crippen molar-refractivity contribution in [1.29, 1.82) is 0 Å². The molecule has 0 bridgehead atoms. The van der Waals surface area contributed by atoms with E-state index in [-0.39, 0.29) is 7.43 Å². The lowest BCUT2D eigenvalue weighted by Gasteiger charge is -2.25. The molecule has 0 aliphatic heterocycles. The lowest BCUT2D eigenvalue weighted by atomic mass is 9.87. The first-order chi connectivity index (χ1) is 4.33. The zero-order valence-corrected chi connectivity index (χ0v) is 6.48. The molecule has 0 heterocycles. The van der Waals surface area contributed by atoms with E-state index in [4.69, 9.17) is 0 Å². The first-order valence-corrected chi connectivity index (χ1v) is 4.00. The number of hydrogen-bond donors (Lipinski definition) is 1. The lowest BCUT2D eigenvalue weighted by molar-refractivity contribution is 0.319. The zero-order valence-electron chi connectivity index (χ0n) is 6.48. The molecule has 1 saturated carbocycles. The molecule has 0 saturated heterocycles. The van der Waals surface area contributed by atoms with Crippen LogP contribution in [0.1, 0.15) is 40.0 Å². The Morgan fingerprint density at radius 2 is 1.60 bits per heavy atom. The van der Waals surface area contributed by atoms with Gasteiger partial charge in [-0.3, -0.25) is 0 Å². The summed E-state index contributed by atoms with van der Waals surface area (Å²) in [6.07, 6.45) is 5.62. The van der Waals surface area contributed by atoms with E-state index >= 15 is 0 Å². The van der Waals surface area contributed by atoms with Crippen molar-refractivity contribution in [2.24, 2.45) is 5.92 Å². The van der Waals surface area contributed by atoms with E-state index in [2.05, 4.69) is 19.3 Å². The Labute approximate surface area is 65.2 Å². The maximum Gasteiger partial charge on any atom is 0.00642 e. The molecular weight excluding hydrogens is 122 g/mol. The molecule has 10 heavy (non-hydrogen) atoms. The van der Waals surface area contributed by atoms with Gasteiger partial charge in [0.25, 0.3) is 0 Å². The molecule has 1 aliphatic carbocycles. The Morgan fingerprint density at radius 1 is 1.10 bits per heavy atom. The van der Waals surface area contributed by atoms with Gasteiger partial charge >= 0.3 is 0 Å². The third kappa shape index (κ3) is 2.70. The number of hydrogen-bond acceptors (Lipinski definition) is 1. The van der Waals surface area contributed by atoms with E-state index in [0.717, 1.165) is 12.0 Å². The normalized spacial score (nSPS) is 33.0. The molecule has 0 aromatic carbocycles. The molecule has 1 aliphatic rings. The van der Waals surface area contributed by atoms with Crippen LogP contribution in [0.4, 0.5) is 0 Å². The van der Waals surface area contributed by atoms with Crippen molar-refractivity contribution < 1.29 is 0 Å². The molecule has 1 rings (SSSR count). The van der Waals surface area contributed by atoms with Gasteiger partial charge in [0, 0.05) is 6.04 Å². The molecule has 1 N–H and O–H groups in total. The quantitative estimate of drug-likeness (QED) is 0.594. The van der Waals surface area contributed by atoms with Gasteiger partial charge < -0.3 is 5.32 Å². The standard InChI is InChI=1S/C8H17N.CH4/c1-7-3-5-8(9-2)6-4-7;/h7-9H,3-6H2,1-2H3;1H4. The summed E-state index contributed by atoms with van der Waals surface area (Å²) in [7, 11) is 2.07. The molecule has 0 unspecified atom stereocenters. The summed E-state index contributed by atoms with van der Waals surface area (Å²) < 4.78 is 0. The first kappa shape index (κ1) is 9.96. The average Bonchev–Trinajstić information content (AvgIpc) is 1.90. The Balaban J connectivity index is 0.000000810. The molecule has 0 spiro atoms. The predicted molar refractivity (Wildman–Crippen MR) is 47.2 cm³/mol. The second-order valence-corrected chi connectivity index (χ2v) is 3.25. The summed E-state index contributed by atoms with van der Waals surface area (Å²) in [6, 6.07) is 0.821. The minimum Gasteiger partial charge on any atom is -0.317 e. The summed E-state index contributed by atoms with van der Waals surface area (Å²) in [5.41, 5.74) is 0. The van der Waals surface area contributed by atoms with Crippen LogP contribution >= 0.6 is 0 Å². The van der Waals surface area contributed by atoms with Gasteiger partial charge in [0.05, 0.1) is 0 Å². The third-order valence-corrected chi connectivity index (χ3v) is 2.42. The molecule has 62 valence electrons. The van der Waals surface area contributed by atoms with Gasteiger partial charge in [-0.15, -0.1) is 0 Å². The highest BCUT2D eigenvalue weighted by Gasteiger charge is 2.15. The van der Waals surface area contributed by atoms with E-state index in [1.54, 1.807) is 0 Å². The van der Waals surface area contributed by atoms with Gasteiger partial charge in [0.15, 0.2) is 0 Å². The van der Waals surface area contributed by atoms with E-state index < -0.39 is 0 Å². The minimum atomic E-state index is 0. The fourth-order valence-electron chi connectivity index (χ4n) is 1.55. The third-order valence-electron chi connectivity index (χ3n) is 2.42. The molecule has 0 aromatic rings. The Hall–Kier alpha value is -0.0400. The van der Waals surface area contributed by atoms with E-state index in [0.29, 0.717) is 0 Å². The monoisotopic (exact) mass is 143 g/mol. The van der Waals surface area contributed by atoms with Crippen LogP contribution < -0.4 is 5.32 Å². The molecule has 0 amide bonds.